The second kappa shape index (κ2) is 7.54. The minimum Gasteiger partial charge on any atom is -0.486 e. The van der Waals surface area contributed by atoms with E-state index in [0.717, 1.165) is 5.56 Å². The number of hydrogen-bond donors (Lipinski definition) is 0. The molecular formula is C26H26N2O5. The van der Waals surface area contributed by atoms with Gasteiger partial charge < -0.3 is 9.64 Å². The Balaban J connectivity index is 1.31. The molecule has 7 heteroatoms. The molecule has 0 saturated carbocycles. The molecule has 7 nitrogen and oxygen atoms in total. The summed E-state index contributed by atoms with van der Waals surface area (Å²) in [6, 6.07) is 10.1. The molecule has 1 fully saturated rings. The molecule has 1 saturated heterocycles. The summed E-state index contributed by atoms with van der Waals surface area (Å²) < 4.78 is 6.29. The first-order chi connectivity index (χ1) is 15.7. The van der Waals surface area contributed by atoms with Crippen molar-refractivity contribution in [3.05, 3.63) is 64.2 Å². The monoisotopic (exact) mass is 446 g/mol. The normalized spacial score (nSPS) is 19.1. The molecule has 0 aromatic heterocycles. The van der Waals surface area contributed by atoms with Crippen molar-refractivity contribution >= 4 is 23.5 Å². The van der Waals surface area contributed by atoms with Crippen molar-refractivity contribution < 1.29 is 23.9 Å². The SMILES string of the molecule is Cc1ccc2c(c1)C(=O)CC1(CCN(C(=O)c3ccc4c(c3)C(=O)N(C(C)C)C4=O)CC1)O2. The summed E-state index contributed by atoms with van der Waals surface area (Å²) >= 11 is 0. The number of hydrogen-bond acceptors (Lipinski definition) is 5. The van der Waals surface area contributed by atoms with Crippen LogP contribution in [0.3, 0.4) is 0 Å². The maximum atomic E-state index is 13.2. The molecule has 0 unspecified atom stereocenters. The van der Waals surface area contributed by atoms with Gasteiger partial charge in [0.25, 0.3) is 17.7 Å². The van der Waals surface area contributed by atoms with Crippen molar-refractivity contribution in [1.82, 2.24) is 9.80 Å². The van der Waals surface area contributed by atoms with Crippen LogP contribution >= 0.6 is 0 Å². The van der Waals surface area contributed by atoms with Crippen LogP contribution in [0, 0.1) is 6.92 Å². The molecule has 3 aliphatic heterocycles. The van der Waals surface area contributed by atoms with E-state index in [0.29, 0.717) is 54.8 Å². The van der Waals surface area contributed by atoms with Crippen LogP contribution in [0.15, 0.2) is 36.4 Å². The van der Waals surface area contributed by atoms with E-state index in [9.17, 15) is 19.2 Å². The molecule has 5 rings (SSSR count). The Morgan fingerprint density at radius 1 is 0.939 bits per heavy atom. The molecule has 0 bridgehead atoms. The summed E-state index contributed by atoms with van der Waals surface area (Å²) in [5.74, 6) is -0.169. The van der Waals surface area contributed by atoms with Crippen molar-refractivity contribution in [3.8, 4) is 5.75 Å². The second-order valence-electron chi connectivity index (χ2n) is 9.51. The first-order valence-electron chi connectivity index (χ1n) is 11.3. The number of carbonyl (C=O) groups excluding carboxylic acids is 4. The first-order valence-corrected chi connectivity index (χ1v) is 11.3. The molecule has 2 aromatic carbocycles. The van der Waals surface area contributed by atoms with Gasteiger partial charge in [-0.05, 0) is 51.1 Å². The lowest BCUT2D eigenvalue weighted by molar-refractivity contribution is -0.00574. The lowest BCUT2D eigenvalue weighted by Crippen LogP contribution is -2.52. The Morgan fingerprint density at radius 2 is 1.64 bits per heavy atom. The number of ketones is 1. The van der Waals surface area contributed by atoms with Crippen LogP contribution in [0.2, 0.25) is 0 Å². The third-order valence-electron chi connectivity index (χ3n) is 6.89. The highest BCUT2D eigenvalue weighted by molar-refractivity contribution is 6.22. The number of fused-ring (bicyclic) bond motifs is 2. The van der Waals surface area contributed by atoms with Crippen LogP contribution in [-0.2, 0) is 0 Å². The van der Waals surface area contributed by atoms with Crippen molar-refractivity contribution in [3.63, 3.8) is 0 Å². The minimum absolute atomic E-state index is 0.0798. The van der Waals surface area contributed by atoms with Crippen LogP contribution < -0.4 is 4.74 Å². The molecule has 33 heavy (non-hydrogen) atoms. The number of imide groups is 1. The minimum atomic E-state index is -0.589. The zero-order valence-corrected chi connectivity index (χ0v) is 19.0. The van der Waals surface area contributed by atoms with Crippen LogP contribution in [0.25, 0.3) is 0 Å². The second-order valence-corrected chi connectivity index (χ2v) is 9.51. The van der Waals surface area contributed by atoms with Crippen LogP contribution in [0.5, 0.6) is 5.75 Å². The Labute approximate surface area is 192 Å². The Hall–Kier alpha value is -3.48. The van der Waals surface area contributed by atoms with E-state index >= 15 is 0 Å². The molecule has 170 valence electrons. The van der Waals surface area contributed by atoms with Crippen molar-refractivity contribution in [2.75, 3.05) is 13.1 Å². The summed E-state index contributed by atoms with van der Waals surface area (Å²) in [6.07, 6.45) is 1.43. The molecule has 0 atom stereocenters. The summed E-state index contributed by atoms with van der Waals surface area (Å²) in [4.78, 5) is 54.1. The lowest BCUT2D eigenvalue weighted by Gasteiger charge is -2.44. The number of aryl methyl sites for hydroxylation is 1. The zero-order chi connectivity index (χ0) is 23.5. The highest BCUT2D eigenvalue weighted by Gasteiger charge is 2.44. The van der Waals surface area contributed by atoms with Gasteiger partial charge in [0.1, 0.15) is 11.4 Å². The zero-order valence-electron chi connectivity index (χ0n) is 19.0. The number of likely N-dealkylation sites (tertiary alicyclic amines) is 1. The van der Waals surface area contributed by atoms with Gasteiger partial charge in [0, 0.05) is 37.5 Å². The number of nitrogens with zero attached hydrogens (tertiary/aromatic N) is 2. The van der Waals surface area contributed by atoms with Crippen LogP contribution in [0.1, 0.15) is 80.1 Å². The number of benzene rings is 2. The average molecular weight is 447 g/mol. The van der Waals surface area contributed by atoms with E-state index in [2.05, 4.69) is 0 Å². The van der Waals surface area contributed by atoms with E-state index < -0.39 is 5.60 Å². The predicted molar refractivity (Wildman–Crippen MR) is 121 cm³/mol. The molecule has 0 radical (unpaired) electrons. The maximum absolute atomic E-state index is 13.2. The number of rotatable bonds is 2. The smallest absolute Gasteiger partial charge is 0.261 e. The third-order valence-corrected chi connectivity index (χ3v) is 6.89. The van der Waals surface area contributed by atoms with E-state index in [1.165, 1.54) is 11.0 Å². The van der Waals surface area contributed by atoms with E-state index in [4.69, 9.17) is 4.74 Å². The Bertz CT molecular complexity index is 1210. The summed E-state index contributed by atoms with van der Waals surface area (Å²) in [5.41, 5.74) is 2.07. The van der Waals surface area contributed by atoms with Gasteiger partial charge in [0.05, 0.1) is 23.1 Å². The van der Waals surface area contributed by atoms with Crippen molar-refractivity contribution in [2.45, 2.75) is 51.7 Å². The number of ether oxygens (including phenoxy) is 1. The van der Waals surface area contributed by atoms with Gasteiger partial charge >= 0.3 is 0 Å². The topological polar surface area (TPSA) is 84.0 Å². The molecular weight excluding hydrogens is 420 g/mol. The fourth-order valence-electron chi connectivity index (χ4n) is 5.05. The predicted octanol–water partition coefficient (Wildman–Crippen LogP) is 3.64. The van der Waals surface area contributed by atoms with Gasteiger partial charge in [0.2, 0.25) is 0 Å². The standard InChI is InChI=1S/C26H26N2O5/c1-15(2)28-24(31)18-6-5-17(13-19(18)25(28)32)23(30)27-10-8-26(9-11-27)14-21(29)20-12-16(3)4-7-22(20)33-26/h4-7,12-13,15H,8-11,14H2,1-3H3. The molecule has 3 aliphatic rings. The maximum Gasteiger partial charge on any atom is 0.261 e. The molecule has 3 amide bonds. The molecule has 2 aromatic rings. The number of piperidine rings is 1. The highest BCUT2D eigenvalue weighted by Crippen LogP contribution is 2.40. The third kappa shape index (κ3) is 3.43. The van der Waals surface area contributed by atoms with Gasteiger partial charge in [-0.15, -0.1) is 0 Å². The van der Waals surface area contributed by atoms with Crippen LogP contribution in [0.4, 0.5) is 0 Å². The Kier molecular flexibility index (Phi) is 4.88. The summed E-state index contributed by atoms with van der Waals surface area (Å²) in [5, 5.41) is 0. The van der Waals surface area contributed by atoms with Crippen molar-refractivity contribution in [1.29, 1.82) is 0 Å². The number of carbonyl (C=O) groups is 4. The van der Waals surface area contributed by atoms with E-state index in [1.54, 1.807) is 30.9 Å². The molecule has 0 aliphatic carbocycles. The number of Topliss-reactive ketones (excluding diaryl/α,β-unsaturated/α-hetero) is 1. The first kappa shape index (κ1) is 21.4. The van der Waals surface area contributed by atoms with Gasteiger partial charge in [0.15, 0.2) is 5.78 Å². The summed E-state index contributed by atoms with van der Waals surface area (Å²) in [7, 11) is 0. The fourth-order valence-corrected chi connectivity index (χ4v) is 5.05. The van der Waals surface area contributed by atoms with Gasteiger partial charge in [-0.2, -0.15) is 0 Å². The fraction of sp³-hybridized carbons (Fsp3) is 0.385. The van der Waals surface area contributed by atoms with Gasteiger partial charge in [-0.25, -0.2) is 0 Å². The number of amides is 3. The molecule has 1 spiro atoms. The molecule has 0 N–H and O–H groups in total. The molecule has 3 heterocycles. The Morgan fingerprint density at radius 3 is 2.33 bits per heavy atom. The van der Waals surface area contributed by atoms with Crippen LogP contribution in [-0.4, -0.2) is 58.0 Å². The average Bonchev–Trinajstić information content (AvgIpc) is 3.04. The van der Waals surface area contributed by atoms with Crippen molar-refractivity contribution in [2.24, 2.45) is 0 Å². The van der Waals surface area contributed by atoms with Gasteiger partial charge in [-0.3, -0.25) is 24.1 Å². The van der Waals surface area contributed by atoms with Gasteiger partial charge in [-0.1, -0.05) is 11.6 Å². The lowest BCUT2D eigenvalue weighted by atomic mass is 9.82. The van der Waals surface area contributed by atoms with E-state index in [-0.39, 0.29) is 35.1 Å². The highest BCUT2D eigenvalue weighted by atomic mass is 16.5. The van der Waals surface area contributed by atoms with E-state index in [1.807, 2.05) is 25.1 Å². The largest absolute Gasteiger partial charge is 0.486 e. The summed E-state index contributed by atoms with van der Waals surface area (Å²) in [6.45, 7) is 6.43. The quantitative estimate of drug-likeness (QED) is 0.658.